The first-order valence-corrected chi connectivity index (χ1v) is 10.2. The number of nitrogens with zero attached hydrogens (tertiary/aromatic N) is 3. The molecule has 0 aliphatic carbocycles. The number of ether oxygens (including phenoxy) is 4. The number of rotatable bonds is 7. The molecular weight excluding hydrogens is 436 g/mol. The van der Waals surface area contributed by atoms with Gasteiger partial charge in [-0.15, -0.1) is 0 Å². The fourth-order valence-electron chi connectivity index (χ4n) is 3.19. The molecule has 1 heterocycles. The highest BCUT2D eigenvalue weighted by Gasteiger charge is 2.13. The maximum atomic E-state index is 12.1. The van der Waals surface area contributed by atoms with Crippen LogP contribution in [0.1, 0.15) is 11.1 Å². The highest BCUT2D eigenvalue weighted by molar-refractivity contribution is 5.87. The molecule has 0 saturated carbocycles. The quantitative estimate of drug-likeness (QED) is 0.410. The van der Waals surface area contributed by atoms with Gasteiger partial charge in [0.25, 0.3) is 0 Å². The third-order valence-corrected chi connectivity index (χ3v) is 4.85. The van der Waals surface area contributed by atoms with Crippen LogP contribution < -0.4 is 19.5 Å². The van der Waals surface area contributed by atoms with E-state index >= 15 is 0 Å². The van der Waals surface area contributed by atoms with Crippen molar-refractivity contribution >= 4 is 22.7 Å². The summed E-state index contributed by atoms with van der Waals surface area (Å²) in [7, 11) is 3.11. The number of amides is 1. The van der Waals surface area contributed by atoms with Crippen LogP contribution in [0.4, 0.5) is 10.5 Å². The lowest BCUT2D eigenvalue weighted by molar-refractivity contribution is 0.155. The summed E-state index contributed by atoms with van der Waals surface area (Å²) in [5.41, 5.74) is 2.40. The highest BCUT2D eigenvalue weighted by Crippen LogP contribution is 2.35. The van der Waals surface area contributed by atoms with Gasteiger partial charge in [-0.05, 0) is 48.0 Å². The summed E-state index contributed by atoms with van der Waals surface area (Å²) in [6.07, 6.45) is 0.792. The number of methoxy groups -OCH3 is 2. The molecule has 9 nitrogen and oxygen atoms in total. The van der Waals surface area contributed by atoms with Gasteiger partial charge >= 0.3 is 6.09 Å². The number of nitrogens with one attached hydrogen (secondary N) is 1. The van der Waals surface area contributed by atoms with Crippen molar-refractivity contribution in [3.63, 3.8) is 0 Å². The van der Waals surface area contributed by atoms with Crippen molar-refractivity contribution in [2.75, 3.05) is 19.5 Å². The number of carbonyl (C=O) groups is 1. The molecular formula is C25H20N4O5. The molecule has 0 unspecified atom stereocenters. The summed E-state index contributed by atoms with van der Waals surface area (Å²) in [5, 5.41) is 12.3. The van der Waals surface area contributed by atoms with Crippen molar-refractivity contribution in [1.82, 2.24) is 9.97 Å². The molecule has 0 aliphatic rings. The van der Waals surface area contributed by atoms with E-state index in [4.69, 9.17) is 24.2 Å². The van der Waals surface area contributed by atoms with E-state index < -0.39 is 6.09 Å². The first-order valence-electron chi connectivity index (χ1n) is 10.2. The fraction of sp³-hybridized carbons (Fsp3) is 0.120. The molecule has 34 heavy (non-hydrogen) atoms. The van der Waals surface area contributed by atoms with E-state index in [1.165, 1.54) is 6.33 Å². The molecule has 0 radical (unpaired) electrons. The summed E-state index contributed by atoms with van der Waals surface area (Å²) in [4.78, 5) is 20.6. The van der Waals surface area contributed by atoms with E-state index in [-0.39, 0.29) is 6.61 Å². The normalized spacial score (nSPS) is 10.3. The summed E-state index contributed by atoms with van der Waals surface area (Å²) >= 11 is 0. The van der Waals surface area contributed by atoms with Crippen LogP contribution >= 0.6 is 0 Å². The third kappa shape index (κ3) is 5.14. The van der Waals surface area contributed by atoms with Crippen molar-refractivity contribution in [2.45, 2.75) is 6.61 Å². The Bertz CT molecular complexity index is 1370. The number of benzene rings is 3. The van der Waals surface area contributed by atoms with E-state index in [0.29, 0.717) is 45.3 Å². The maximum absolute atomic E-state index is 12.1. The van der Waals surface area contributed by atoms with Crippen LogP contribution in [0.25, 0.3) is 10.9 Å². The maximum Gasteiger partial charge on any atom is 0.411 e. The zero-order valence-corrected chi connectivity index (χ0v) is 18.4. The standard InChI is InChI=1S/C25H20N4O5/c1-31-22-11-20-21(12-23(22)32-2)27-15-28-24(20)34-19-8-6-18(7-9-19)29-25(30)33-14-17-5-3-4-16(10-17)13-26/h3-12,15H,14H2,1-2H3,(H,29,30). The number of anilines is 1. The van der Waals surface area contributed by atoms with Gasteiger partial charge in [-0.2, -0.15) is 5.26 Å². The van der Waals surface area contributed by atoms with Gasteiger partial charge in [-0.3, -0.25) is 5.32 Å². The minimum Gasteiger partial charge on any atom is -0.493 e. The van der Waals surface area contributed by atoms with Crippen LogP contribution in [0.15, 0.2) is 67.0 Å². The molecule has 0 bridgehead atoms. The number of carbonyl (C=O) groups excluding carboxylic acids is 1. The summed E-state index contributed by atoms with van der Waals surface area (Å²) in [6, 6.07) is 19.2. The minimum absolute atomic E-state index is 0.0532. The van der Waals surface area contributed by atoms with Gasteiger partial charge in [0.15, 0.2) is 11.5 Å². The van der Waals surface area contributed by atoms with E-state index in [0.717, 1.165) is 5.56 Å². The van der Waals surface area contributed by atoms with Crippen molar-refractivity contribution in [3.05, 3.63) is 78.1 Å². The van der Waals surface area contributed by atoms with Crippen molar-refractivity contribution in [3.8, 4) is 29.2 Å². The molecule has 0 saturated heterocycles. The Morgan fingerprint density at radius 2 is 1.76 bits per heavy atom. The van der Waals surface area contributed by atoms with Crippen LogP contribution in [0.2, 0.25) is 0 Å². The summed E-state index contributed by atoms with van der Waals surface area (Å²) in [6.45, 7) is 0.0532. The summed E-state index contributed by atoms with van der Waals surface area (Å²) in [5.74, 6) is 1.96. The first-order chi connectivity index (χ1) is 16.6. The van der Waals surface area contributed by atoms with Gasteiger partial charge in [0.2, 0.25) is 5.88 Å². The molecule has 1 aromatic heterocycles. The zero-order valence-electron chi connectivity index (χ0n) is 18.4. The predicted octanol–water partition coefficient (Wildman–Crippen LogP) is 5.06. The van der Waals surface area contributed by atoms with Crippen LogP contribution in [-0.4, -0.2) is 30.3 Å². The molecule has 0 aliphatic heterocycles. The number of fused-ring (bicyclic) bond motifs is 1. The number of nitriles is 1. The smallest absolute Gasteiger partial charge is 0.411 e. The molecule has 3 aromatic carbocycles. The molecule has 4 rings (SSSR count). The SMILES string of the molecule is COc1cc2ncnc(Oc3ccc(NC(=O)OCc4cccc(C#N)c4)cc3)c2cc1OC. The number of aromatic nitrogens is 2. The Labute approximate surface area is 195 Å². The molecule has 9 heteroatoms. The molecule has 1 N–H and O–H groups in total. The lowest BCUT2D eigenvalue weighted by Gasteiger charge is -2.12. The summed E-state index contributed by atoms with van der Waals surface area (Å²) < 4.78 is 21.8. The number of hydrogen-bond acceptors (Lipinski definition) is 8. The van der Waals surface area contributed by atoms with Gasteiger partial charge in [0.05, 0.1) is 36.8 Å². The molecule has 4 aromatic rings. The Hall–Kier alpha value is -4.84. The van der Waals surface area contributed by atoms with Crippen molar-refractivity contribution < 1.29 is 23.7 Å². The van der Waals surface area contributed by atoms with Crippen LogP contribution in [0.3, 0.4) is 0 Å². The predicted molar refractivity (Wildman–Crippen MR) is 124 cm³/mol. The van der Waals surface area contributed by atoms with Crippen molar-refractivity contribution in [1.29, 1.82) is 5.26 Å². The lowest BCUT2D eigenvalue weighted by atomic mass is 10.1. The first kappa shape index (κ1) is 22.4. The van der Waals surface area contributed by atoms with E-state index in [9.17, 15) is 4.79 Å². The second-order valence-electron chi connectivity index (χ2n) is 7.04. The van der Waals surface area contributed by atoms with Gasteiger partial charge < -0.3 is 18.9 Å². The third-order valence-electron chi connectivity index (χ3n) is 4.85. The van der Waals surface area contributed by atoms with E-state index in [1.807, 2.05) is 0 Å². The Morgan fingerprint density at radius 1 is 1.00 bits per heavy atom. The van der Waals surface area contributed by atoms with Gasteiger partial charge in [0.1, 0.15) is 18.7 Å². The minimum atomic E-state index is -0.612. The van der Waals surface area contributed by atoms with E-state index in [2.05, 4.69) is 21.4 Å². The molecule has 0 spiro atoms. The molecule has 0 fully saturated rings. The Kier molecular flexibility index (Phi) is 6.70. The Balaban J connectivity index is 1.41. The average molecular weight is 456 g/mol. The largest absolute Gasteiger partial charge is 0.493 e. The van der Waals surface area contributed by atoms with Crippen molar-refractivity contribution in [2.24, 2.45) is 0 Å². The fourth-order valence-corrected chi connectivity index (χ4v) is 3.19. The molecule has 0 atom stereocenters. The molecule has 170 valence electrons. The highest BCUT2D eigenvalue weighted by atomic mass is 16.5. The molecule has 1 amide bonds. The monoisotopic (exact) mass is 456 g/mol. The zero-order chi connectivity index (χ0) is 23.9. The second kappa shape index (κ2) is 10.2. The van der Waals surface area contributed by atoms with Crippen LogP contribution in [0, 0.1) is 11.3 Å². The average Bonchev–Trinajstić information content (AvgIpc) is 2.88. The van der Waals surface area contributed by atoms with Crippen LogP contribution in [0.5, 0.6) is 23.1 Å². The lowest BCUT2D eigenvalue weighted by Crippen LogP contribution is -2.13. The van der Waals surface area contributed by atoms with Crippen LogP contribution in [-0.2, 0) is 11.3 Å². The van der Waals surface area contributed by atoms with Gasteiger partial charge in [0, 0.05) is 11.8 Å². The number of hydrogen-bond donors (Lipinski definition) is 1. The second-order valence-corrected chi connectivity index (χ2v) is 7.04. The van der Waals surface area contributed by atoms with Gasteiger partial charge in [-0.25, -0.2) is 14.8 Å². The van der Waals surface area contributed by atoms with E-state index in [1.54, 1.807) is 74.9 Å². The topological polar surface area (TPSA) is 116 Å². The van der Waals surface area contributed by atoms with Gasteiger partial charge in [-0.1, -0.05) is 12.1 Å². The Morgan fingerprint density at radius 3 is 2.50 bits per heavy atom.